The lowest BCUT2D eigenvalue weighted by Gasteiger charge is -1.94. The van der Waals surface area contributed by atoms with Gasteiger partial charge in [-0.3, -0.25) is 10.1 Å². The highest BCUT2D eigenvalue weighted by molar-refractivity contribution is 7.15. The van der Waals surface area contributed by atoms with Crippen LogP contribution in [0.2, 0.25) is 0 Å². The van der Waals surface area contributed by atoms with E-state index >= 15 is 0 Å². The Morgan fingerprint density at radius 3 is 3.07 bits per heavy atom. The summed E-state index contributed by atoms with van der Waals surface area (Å²) in [5.41, 5.74) is 0. The highest BCUT2D eigenvalue weighted by Crippen LogP contribution is 2.15. The third kappa shape index (κ3) is 3.57. The standard InChI is InChI=1S/C7H10ClN3O2S/c1-13-3-2-6-10-11-7(14-6)9-5(12)4-8/h2-4H2,1H3,(H,9,11,12). The summed E-state index contributed by atoms with van der Waals surface area (Å²) in [7, 11) is 1.62. The van der Waals surface area contributed by atoms with Gasteiger partial charge in [-0.25, -0.2) is 0 Å². The van der Waals surface area contributed by atoms with E-state index in [0.29, 0.717) is 18.2 Å². The minimum Gasteiger partial charge on any atom is -0.384 e. The Kier molecular flexibility index (Phi) is 4.78. The summed E-state index contributed by atoms with van der Waals surface area (Å²) < 4.78 is 4.89. The molecule has 78 valence electrons. The molecule has 0 saturated carbocycles. The van der Waals surface area contributed by atoms with Crippen molar-refractivity contribution in [2.75, 3.05) is 24.9 Å². The van der Waals surface area contributed by atoms with Gasteiger partial charge in [0.15, 0.2) is 0 Å². The van der Waals surface area contributed by atoms with E-state index < -0.39 is 0 Å². The first kappa shape index (κ1) is 11.4. The van der Waals surface area contributed by atoms with Gasteiger partial charge in [0.05, 0.1) is 6.61 Å². The fourth-order valence-electron chi connectivity index (χ4n) is 0.747. The molecule has 1 aromatic heterocycles. The monoisotopic (exact) mass is 235 g/mol. The molecule has 1 rings (SSSR count). The number of hydrogen-bond donors (Lipinski definition) is 1. The Hall–Kier alpha value is -0.720. The average molecular weight is 236 g/mol. The number of amides is 1. The molecule has 0 bridgehead atoms. The van der Waals surface area contributed by atoms with Crippen LogP contribution in [0.5, 0.6) is 0 Å². The molecular formula is C7H10ClN3O2S. The number of carbonyl (C=O) groups excluding carboxylic acids is 1. The number of aromatic nitrogens is 2. The van der Waals surface area contributed by atoms with Gasteiger partial charge in [0.25, 0.3) is 0 Å². The molecule has 1 aromatic rings. The molecule has 0 aliphatic rings. The number of alkyl halides is 1. The summed E-state index contributed by atoms with van der Waals surface area (Å²) in [6, 6.07) is 0. The van der Waals surface area contributed by atoms with Crippen molar-refractivity contribution in [3.8, 4) is 0 Å². The molecule has 0 aliphatic carbocycles. The summed E-state index contributed by atoms with van der Waals surface area (Å²) in [6.45, 7) is 0.595. The number of hydrogen-bond acceptors (Lipinski definition) is 5. The number of anilines is 1. The number of ether oxygens (including phenoxy) is 1. The van der Waals surface area contributed by atoms with Crippen LogP contribution in [0.3, 0.4) is 0 Å². The maximum Gasteiger partial charge on any atom is 0.241 e. The molecule has 0 fully saturated rings. The van der Waals surface area contributed by atoms with Crippen LogP contribution in [-0.4, -0.2) is 35.7 Å². The predicted octanol–water partition coefficient (Wildman–Crippen LogP) is 0.904. The first-order chi connectivity index (χ1) is 6.76. The second-order valence-electron chi connectivity index (χ2n) is 2.43. The molecule has 1 amide bonds. The Bertz CT molecular complexity index is 305. The van der Waals surface area contributed by atoms with Crippen LogP contribution in [0.25, 0.3) is 0 Å². The van der Waals surface area contributed by atoms with Crippen LogP contribution >= 0.6 is 22.9 Å². The third-order valence-electron chi connectivity index (χ3n) is 1.35. The third-order valence-corrected chi connectivity index (χ3v) is 2.50. The molecule has 5 nitrogen and oxygen atoms in total. The Balaban J connectivity index is 2.46. The Morgan fingerprint density at radius 1 is 1.64 bits per heavy atom. The second kappa shape index (κ2) is 5.90. The predicted molar refractivity (Wildman–Crippen MR) is 54.8 cm³/mol. The maximum atomic E-state index is 10.9. The summed E-state index contributed by atoms with van der Waals surface area (Å²) in [4.78, 5) is 10.9. The maximum absolute atomic E-state index is 10.9. The molecule has 0 spiro atoms. The molecule has 14 heavy (non-hydrogen) atoms. The van der Waals surface area contributed by atoms with Crippen molar-refractivity contribution >= 4 is 34.0 Å². The fraction of sp³-hybridized carbons (Fsp3) is 0.571. The topological polar surface area (TPSA) is 64.1 Å². The summed E-state index contributed by atoms with van der Waals surface area (Å²) in [6.07, 6.45) is 0.699. The number of carbonyl (C=O) groups is 1. The molecule has 0 unspecified atom stereocenters. The van der Waals surface area contributed by atoms with Crippen molar-refractivity contribution in [2.24, 2.45) is 0 Å². The fourth-order valence-corrected chi connectivity index (χ4v) is 1.55. The van der Waals surface area contributed by atoms with Crippen molar-refractivity contribution in [3.05, 3.63) is 5.01 Å². The van der Waals surface area contributed by atoms with Crippen molar-refractivity contribution in [1.29, 1.82) is 0 Å². The first-order valence-electron chi connectivity index (χ1n) is 3.93. The van der Waals surface area contributed by atoms with E-state index in [2.05, 4.69) is 15.5 Å². The van der Waals surface area contributed by atoms with Gasteiger partial charge < -0.3 is 4.74 Å². The van der Waals surface area contributed by atoms with Crippen LogP contribution in [0, 0.1) is 0 Å². The van der Waals surface area contributed by atoms with E-state index in [-0.39, 0.29) is 11.8 Å². The minimum absolute atomic E-state index is 0.0764. The van der Waals surface area contributed by atoms with E-state index in [1.165, 1.54) is 11.3 Å². The van der Waals surface area contributed by atoms with E-state index in [4.69, 9.17) is 16.3 Å². The second-order valence-corrected chi connectivity index (χ2v) is 3.75. The van der Waals surface area contributed by atoms with Crippen LogP contribution < -0.4 is 5.32 Å². The van der Waals surface area contributed by atoms with E-state index in [1.54, 1.807) is 7.11 Å². The molecule has 0 aliphatic heterocycles. The molecular weight excluding hydrogens is 226 g/mol. The van der Waals surface area contributed by atoms with Gasteiger partial charge in [0.2, 0.25) is 11.0 Å². The first-order valence-corrected chi connectivity index (χ1v) is 5.28. The minimum atomic E-state index is -0.277. The highest BCUT2D eigenvalue weighted by Gasteiger charge is 2.06. The Labute approximate surface area is 90.4 Å². The molecule has 7 heteroatoms. The summed E-state index contributed by atoms with van der Waals surface area (Å²) in [5, 5.41) is 11.5. The number of methoxy groups -OCH3 is 1. The number of rotatable bonds is 5. The number of halogens is 1. The zero-order valence-electron chi connectivity index (χ0n) is 7.62. The van der Waals surface area contributed by atoms with Crippen molar-refractivity contribution in [1.82, 2.24) is 10.2 Å². The van der Waals surface area contributed by atoms with Crippen molar-refractivity contribution in [2.45, 2.75) is 6.42 Å². The normalized spacial score (nSPS) is 10.1. The zero-order valence-corrected chi connectivity index (χ0v) is 9.19. The summed E-state index contributed by atoms with van der Waals surface area (Å²) >= 11 is 6.64. The lowest BCUT2D eigenvalue weighted by Crippen LogP contribution is -2.12. The van der Waals surface area contributed by atoms with Crippen molar-refractivity contribution < 1.29 is 9.53 Å². The van der Waals surface area contributed by atoms with E-state index in [0.717, 1.165) is 5.01 Å². The van der Waals surface area contributed by atoms with Crippen LogP contribution in [0.1, 0.15) is 5.01 Å². The van der Waals surface area contributed by atoms with Gasteiger partial charge in [0.1, 0.15) is 10.9 Å². The van der Waals surface area contributed by atoms with Gasteiger partial charge in [-0.15, -0.1) is 21.8 Å². The quantitative estimate of drug-likeness (QED) is 0.771. The molecule has 0 radical (unpaired) electrons. The van der Waals surface area contributed by atoms with Crippen LogP contribution in [-0.2, 0) is 16.0 Å². The van der Waals surface area contributed by atoms with E-state index in [9.17, 15) is 4.79 Å². The average Bonchev–Trinajstić information content (AvgIpc) is 2.62. The smallest absolute Gasteiger partial charge is 0.241 e. The van der Waals surface area contributed by atoms with Gasteiger partial charge in [-0.1, -0.05) is 11.3 Å². The molecule has 0 aromatic carbocycles. The molecule has 1 heterocycles. The van der Waals surface area contributed by atoms with Gasteiger partial charge >= 0.3 is 0 Å². The van der Waals surface area contributed by atoms with Gasteiger partial charge in [-0.05, 0) is 0 Å². The lowest BCUT2D eigenvalue weighted by atomic mass is 10.5. The summed E-state index contributed by atoms with van der Waals surface area (Å²) in [5.74, 6) is -0.353. The van der Waals surface area contributed by atoms with Gasteiger partial charge in [-0.2, -0.15) is 0 Å². The molecule has 1 N–H and O–H groups in total. The zero-order chi connectivity index (χ0) is 10.4. The highest BCUT2D eigenvalue weighted by atomic mass is 35.5. The number of nitrogens with one attached hydrogen (secondary N) is 1. The molecule has 0 saturated heterocycles. The SMILES string of the molecule is COCCc1nnc(NC(=O)CCl)s1. The Morgan fingerprint density at radius 2 is 2.43 bits per heavy atom. The van der Waals surface area contributed by atoms with E-state index in [1.807, 2.05) is 0 Å². The molecule has 0 atom stereocenters. The van der Waals surface area contributed by atoms with Crippen molar-refractivity contribution in [3.63, 3.8) is 0 Å². The van der Waals surface area contributed by atoms with Crippen LogP contribution in [0.4, 0.5) is 5.13 Å². The van der Waals surface area contributed by atoms with Crippen LogP contribution in [0.15, 0.2) is 0 Å². The number of nitrogens with zero attached hydrogens (tertiary/aromatic N) is 2. The van der Waals surface area contributed by atoms with Gasteiger partial charge in [0, 0.05) is 13.5 Å². The largest absolute Gasteiger partial charge is 0.384 e. The lowest BCUT2D eigenvalue weighted by molar-refractivity contribution is -0.113.